The van der Waals surface area contributed by atoms with Crippen LogP contribution in [0.15, 0.2) is 89.4 Å². The predicted octanol–water partition coefficient (Wildman–Crippen LogP) is 3.69. The number of dihydropyridines is 1. The molecule has 1 aromatic heterocycles. The maximum Gasteiger partial charge on any atom is 0.195 e. The van der Waals surface area contributed by atoms with Crippen LogP contribution in [0.2, 0.25) is 0 Å². The molecule has 1 atom stereocenters. The van der Waals surface area contributed by atoms with Gasteiger partial charge in [0.1, 0.15) is 0 Å². The first-order chi connectivity index (χ1) is 9.89. The topological polar surface area (TPSA) is 49.6 Å². The fourth-order valence-electron chi connectivity index (χ4n) is 2.01. The molecule has 4 heteroatoms. The molecule has 4 nitrogen and oxygen atoms in total. The van der Waals surface area contributed by atoms with Crippen LogP contribution >= 0.6 is 0 Å². The van der Waals surface area contributed by atoms with E-state index in [4.69, 9.17) is 0 Å². The number of rotatable bonds is 3. The first kappa shape index (κ1) is 12.3. The van der Waals surface area contributed by atoms with Crippen molar-refractivity contribution < 1.29 is 0 Å². The Bertz CT molecular complexity index is 647. The van der Waals surface area contributed by atoms with Crippen molar-refractivity contribution in [2.24, 2.45) is 10.2 Å². The van der Waals surface area contributed by atoms with E-state index < -0.39 is 5.66 Å². The van der Waals surface area contributed by atoms with Crippen molar-refractivity contribution in [3.05, 3.63) is 84.7 Å². The molecule has 0 saturated heterocycles. The smallest absolute Gasteiger partial charge is 0.195 e. The van der Waals surface area contributed by atoms with Gasteiger partial charge in [0.2, 0.25) is 0 Å². The van der Waals surface area contributed by atoms with E-state index in [1.807, 2.05) is 73.0 Å². The summed E-state index contributed by atoms with van der Waals surface area (Å²) >= 11 is 0. The molecule has 0 bridgehead atoms. The first-order valence-electron chi connectivity index (χ1n) is 6.41. The zero-order valence-electron chi connectivity index (χ0n) is 10.8. The fraction of sp³-hybridized carbons (Fsp3) is 0.0625. The summed E-state index contributed by atoms with van der Waals surface area (Å²) in [5.41, 5.74) is 0.355. The van der Waals surface area contributed by atoms with Gasteiger partial charge in [-0.3, -0.25) is 0 Å². The lowest BCUT2D eigenvalue weighted by Crippen LogP contribution is -2.36. The number of allylic oxidation sites excluding steroid dienone is 2. The zero-order chi connectivity index (χ0) is 13.7. The van der Waals surface area contributed by atoms with E-state index in [0.29, 0.717) is 5.82 Å². The lowest BCUT2D eigenvalue weighted by atomic mass is 9.98. The number of nitrogens with zero attached hydrogens (tertiary/aromatic N) is 3. The Morgan fingerprint density at radius 1 is 0.950 bits per heavy atom. The van der Waals surface area contributed by atoms with Crippen molar-refractivity contribution in [1.29, 1.82) is 0 Å². The Morgan fingerprint density at radius 2 is 1.80 bits per heavy atom. The number of hydrogen-bond acceptors (Lipinski definition) is 4. The van der Waals surface area contributed by atoms with Crippen LogP contribution in [-0.2, 0) is 5.66 Å². The van der Waals surface area contributed by atoms with Crippen LogP contribution in [0.5, 0.6) is 0 Å². The predicted molar refractivity (Wildman–Crippen MR) is 78.3 cm³/mol. The molecular formula is C16H14N4. The quantitative estimate of drug-likeness (QED) is 0.857. The molecule has 1 N–H and O–H groups in total. The molecule has 0 saturated carbocycles. The molecule has 1 aliphatic heterocycles. The van der Waals surface area contributed by atoms with Crippen molar-refractivity contribution in [3.8, 4) is 0 Å². The summed E-state index contributed by atoms with van der Waals surface area (Å²) in [6, 6.07) is 15.6. The number of benzene rings is 1. The van der Waals surface area contributed by atoms with Gasteiger partial charge in [-0.1, -0.05) is 42.5 Å². The van der Waals surface area contributed by atoms with E-state index in [1.165, 1.54) is 0 Å². The lowest BCUT2D eigenvalue weighted by Gasteiger charge is -2.27. The molecule has 1 aliphatic rings. The summed E-state index contributed by atoms with van der Waals surface area (Å²) in [5.74, 6) is 0.590. The lowest BCUT2D eigenvalue weighted by molar-refractivity contribution is 0.473. The molecule has 2 aromatic rings. The van der Waals surface area contributed by atoms with E-state index in [2.05, 4.69) is 20.5 Å². The maximum atomic E-state index is 4.47. The van der Waals surface area contributed by atoms with Crippen LogP contribution in [-0.4, -0.2) is 4.98 Å². The molecule has 0 spiro atoms. The first-order valence-corrected chi connectivity index (χ1v) is 6.41. The minimum atomic E-state index is -0.673. The molecule has 0 fully saturated rings. The van der Waals surface area contributed by atoms with Gasteiger partial charge in [-0.05, 0) is 30.5 Å². The minimum Gasteiger partial charge on any atom is -0.359 e. The summed E-state index contributed by atoms with van der Waals surface area (Å²) < 4.78 is 0. The highest BCUT2D eigenvalue weighted by molar-refractivity contribution is 5.34. The molecule has 0 aliphatic carbocycles. The second kappa shape index (κ2) is 5.48. The highest BCUT2D eigenvalue weighted by Gasteiger charge is 2.28. The van der Waals surface area contributed by atoms with Gasteiger partial charge in [-0.2, -0.15) is 0 Å². The third kappa shape index (κ3) is 2.49. The minimum absolute atomic E-state index is 0.590. The van der Waals surface area contributed by atoms with E-state index in [0.717, 1.165) is 5.56 Å². The molecule has 20 heavy (non-hydrogen) atoms. The second-order valence-electron chi connectivity index (χ2n) is 4.38. The molecule has 0 amide bonds. The number of nitrogens with one attached hydrogen (secondary N) is 1. The molecule has 3 rings (SSSR count). The van der Waals surface area contributed by atoms with Crippen molar-refractivity contribution in [2.75, 3.05) is 0 Å². The number of aromatic nitrogens is 1. The highest BCUT2D eigenvalue weighted by atomic mass is 15.3. The fourth-order valence-corrected chi connectivity index (χ4v) is 2.01. The highest BCUT2D eigenvalue weighted by Crippen LogP contribution is 2.28. The molecular weight excluding hydrogens is 248 g/mol. The van der Waals surface area contributed by atoms with Crippen LogP contribution in [0.25, 0.3) is 0 Å². The molecule has 98 valence electrons. The number of pyridine rings is 1. The van der Waals surface area contributed by atoms with E-state index >= 15 is 0 Å². The summed E-state index contributed by atoms with van der Waals surface area (Å²) in [7, 11) is 0. The van der Waals surface area contributed by atoms with Crippen molar-refractivity contribution >= 4 is 5.82 Å². The van der Waals surface area contributed by atoms with Crippen LogP contribution in [0.3, 0.4) is 0 Å². The monoisotopic (exact) mass is 262 g/mol. The largest absolute Gasteiger partial charge is 0.359 e. The summed E-state index contributed by atoms with van der Waals surface area (Å²) in [4.78, 5) is 4.16. The summed E-state index contributed by atoms with van der Waals surface area (Å²) in [6.07, 6.45) is 9.44. The normalized spacial score (nSPS) is 21.0. The van der Waals surface area contributed by atoms with Gasteiger partial charge in [0.05, 0.1) is 0 Å². The van der Waals surface area contributed by atoms with Crippen molar-refractivity contribution in [3.63, 3.8) is 0 Å². The van der Waals surface area contributed by atoms with Gasteiger partial charge in [-0.25, -0.2) is 4.98 Å². The van der Waals surface area contributed by atoms with Gasteiger partial charge in [0.15, 0.2) is 11.5 Å². The van der Waals surface area contributed by atoms with Gasteiger partial charge in [0, 0.05) is 11.8 Å². The standard InChI is InChI=1S/C16H14N4/c1-2-8-14(9-3-1)16(11-5-7-13-18-16)20-19-15-10-4-6-12-17-15/h1-13,18H. The van der Waals surface area contributed by atoms with Crippen LogP contribution in [0.4, 0.5) is 5.82 Å². The Balaban J connectivity index is 1.98. The van der Waals surface area contributed by atoms with Crippen LogP contribution in [0, 0.1) is 0 Å². The van der Waals surface area contributed by atoms with E-state index in [9.17, 15) is 0 Å². The van der Waals surface area contributed by atoms with Crippen LogP contribution in [0.1, 0.15) is 5.56 Å². The van der Waals surface area contributed by atoms with Crippen molar-refractivity contribution in [2.45, 2.75) is 5.66 Å². The summed E-state index contributed by atoms with van der Waals surface area (Å²) in [5, 5.41) is 12.0. The average molecular weight is 262 g/mol. The zero-order valence-corrected chi connectivity index (χ0v) is 10.8. The second-order valence-corrected chi connectivity index (χ2v) is 4.38. The SMILES string of the molecule is C1=CNC(N=Nc2ccccn2)(c2ccccc2)C=C1. The van der Waals surface area contributed by atoms with Crippen LogP contribution < -0.4 is 5.32 Å². The number of azo groups is 1. The van der Waals surface area contributed by atoms with Gasteiger partial charge >= 0.3 is 0 Å². The Morgan fingerprint density at radius 3 is 2.50 bits per heavy atom. The summed E-state index contributed by atoms with van der Waals surface area (Å²) in [6.45, 7) is 0. The van der Waals surface area contributed by atoms with Gasteiger partial charge in [0.25, 0.3) is 0 Å². The Kier molecular flexibility index (Phi) is 3.37. The number of hydrogen-bond donors (Lipinski definition) is 1. The van der Waals surface area contributed by atoms with E-state index in [-0.39, 0.29) is 0 Å². The Labute approximate surface area is 117 Å². The molecule has 0 radical (unpaired) electrons. The molecule has 1 aromatic carbocycles. The van der Waals surface area contributed by atoms with Crippen molar-refractivity contribution in [1.82, 2.24) is 10.3 Å². The molecule has 2 heterocycles. The van der Waals surface area contributed by atoms with E-state index in [1.54, 1.807) is 6.20 Å². The third-order valence-corrected chi connectivity index (χ3v) is 3.02. The Hall–Kier alpha value is -2.75. The van der Waals surface area contributed by atoms with Gasteiger partial charge in [-0.15, -0.1) is 10.2 Å². The van der Waals surface area contributed by atoms with Gasteiger partial charge < -0.3 is 5.32 Å². The average Bonchev–Trinajstić information content (AvgIpc) is 2.56. The third-order valence-electron chi connectivity index (χ3n) is 3.02. The molecule has 1 unspecified atom stereocenters. The maximum absolute atomic E-state index is 4.47.